The molecule has 1 aliphatic rings. The number of aromatic amines is 1. The van der Waals surface area contributed by atoms with E-state index < -0.39 is 0 Å². The number of carbonyl (C=O) groups is 1. The van der Waals surface area contributed by atoms with E-state index in [9.17, 15) is 4.79 Å². The molecule has 0 bridgehead atoms. The van der Waals surface area contributed by atoms with Crippen molar-refractivity contribution in [1.29, 1.82) is 0 Å². The maximum atomic E-state index is 12.4. The van der Waals surface area contributed by atoms with Crippen molar-refractivity contribution in [3.05, 3.63) is 48.4 Å². The van der Waals surface area contributed by atoms with Gasteiger partial charge in [-0.3, -0.25) is 14.9 Å². The van der Waals surface area contributed by atoms with E-state index in [1.165, 1.54) is 5.69 Å². The van der Waals surface area contributed by atoms with Crippen LogP contribution in [0.1, 0.15) is 43.2 Å². The number of nitrogens with zero attached hydrogens (tertiary/aromatic N) is 5. The number of hydrogen-bond acceptors (Lipinski definition) is 6. The van der Waals surface area contributed by atoms with Gasteiger partial charge in [0.25, 0.3) is 0 Å². The van der Waals surface area contributed by atoms with Crippen molar-refractivity contribution in [2.45, 2.75) is 38.0 Å². The molecule has 1 saturated heterocycles. The Bertz CT molecular complexity index is 853. The smallest absolute Gasteiger partial charge is 0.226 e. The number of amides is 1. The molecule has 4 rings (SSSR count). The van der Waals surface area contributed by atoms with E-state index in [0.717, 1.165) is 31.5 Å². The Hall–Kier alpha value is -3.03. The van der Waals surface area contributed by atoms with Gasteiger partial charge >= 0.3 is 0 Å². The van der Waals surface area contributed by atoms with E-state index >= 15 is 0 Å². The fourth-order valence-electron chi connectivity index (χ4n) is 3.45. The molecule has 3 aromatic rings. The molecule has 0 unspecified atom stereocenters. The number of carbonyl (C=O) groups excluding carboxylic acids is 1. The average Bonchev–Trinajstić information content (AvgIpc) is 3.41. The van der Waals surface area contributed by atoms with Crippen LogP contribution >= 0.6 is 0 Å². The molecule has 0 aliphatic carbocycles. The van der Waals surface area contributed by atoms with Gasteiger partial charge in [-0.25, -0.2) is 0 Å². The van der Waals surface area contributed by atoms with E-state index in [1.807, 2.05) is 23.1 Å². The first-order valence-electron chi connectivity index (χ1n) is 9.29. The Morgan fingerprint density at radius 2 is 2.15 bits per heavy atom. The van der Waals surface area contributed by atoms with Gasteiger partial charge in [-0.05, 0) is 37.5 Å². The second kappa shape index (κ2) is 8.11. The third-order valence-electron chi connectivity index (χ3n) is 4.98. The predicted octanol–water partition coefficient (Wildman–Crippen LogP) is 2.58. The van der Waals surface area contributed by atoms with Crippen molar-refractivity contribution < 1.29 is 9.32 Å². The minimum absolute atomic E-state index is 0.199. The topological polar surface area (TPSA) is 101 Å². The molecule has 0 aromatic carbocycles. The van der Waals surface area contributed by atoms with Crippen molar-refractivity contribution in [1.82, 2.24) is 30.2 Å². The summed E-state index contributed by atoms with van der Waals surface area (Å²) in [5, 5.41) is 11.0. The van der Waals surface area contributed by atoms with Gasteiger partial charge in [0.15, 0.2) is 0 Å². The first-order valence-corrected chi connectivity index (χ1v) is 9.29. The summed E-state index contributed by atoms with van der Waals surface area (Å²) in [6.07, 6.45) is 8.94. The van der Waals surface area contributed by atoms with E-state index in [-0.39, 0.29) is 5.91 Å². The second-order valence-corrected chi connectivity index (χ2v) is 6.77. The monoisotopic (exact) mass is 366 g/mol. The number of pyridine rings is 1. The molecule has 3 aromatic heterocycles. The zero-order valence-corrected chi connectivity index (χ0v) is 15.0. The van der Waals surface area contributed by atoms with Gasteiger partial charge in [-0.2, -0.15) is 10.1 Å². The molecular formula is C19H22N6O2. The van der Waals surface area contributed by atoms with Crippen LogP contribution in [0.15, 0.2) is 41.3 Å². The van der Waals surface area contributed by atoms with E-state index in [2.05, 4.69) is 25.3 Å². The normalized spacial score (nSPS) is 15.2. The lowest BCUT2D eigenvalue weighted by atomic mass is 9.93. The van der Waals surface area contributed by atoms with Crippen LogP contribution in [0, 0.1) is 0 Å². The van der Waals surface area contributed by atoms with Crippen molar-refractivity contribution >= 4 is 5.91 Å². The molecule has 8 nitrogen and oxygen atoms in total. The number of aryl methyl sites for hydroxylation is 1. The Morgan fingerprint density at radius 3 is 2.89 bits per heavy atom. The van der Waals surface area contributed by atoms with Crippen molar-refractivity contribution in [2.24, 2.45) is 0 Å². The molecule has 0 saturated carbocycles. The molecule has 8 heteroatoms. The zero-order valence-electron chi connectivity index (χ0n) is 15.0. The minimum atomic E-state index is 0.199. The van der Waals surface area contributed by atoms with Gasteiger partial charge in [-0.15, -0.1) is 0 Å². The number of hydrogen-bond donors (Lipinski definition) is 1. The van der Waals surface area contributed by atoms with Crippen LogP contribution in [0.5, 0.6) is 0 Å². The number of likely N-dealkylation sites (tertiary alicyclic amines) is 1. The van der Waals surface area contributed by atoms with Gasteiger partial charge in [0.05, 0.1) is 0 Å². The van der Waals surface area contributed by atoms with Gasteiger partial charge in [-0.1, -0.05) is 5.16 Å². The summed E-state index contributed by atoms with van der Waals surface area (Å²) in [7, 11) is 0. The highest BCUT2D eigenvalue weighted by molar-refractivity contribution is 5.76. The van der Waals surface area contributed by atoms with Crippen molar-refractivity contribution in [2.75, 3.05) is 13.1 Å². The van der Waals surface area contributed by atoms with Crippen LogP contribution in [0.4, 0.5) is 0 Å². The lowest BCUT2D eigenvalue weighted by Crippen LogP contribution is -2.37. The van der Waals surface area contributed by atoms with Crippen LogP contribution in [-0.4, -0.2) is 49.2 Å². The van der Waals surface area contributed by atoms with Crippen molar-refractivity contribution in [3.63, 3.8) is 0 Å². The predicted molar refractivity (Wildman–Crippen MR) is 97.6 cm³/mol. The zero-order chi connectivity index (χ0) is 18.5. The average molecular weight is 366 g/mol. The number of H-pyrrole nitrogens is 1. The molecule has 140 valence electrons. The highest BCUT2D eigenvalue weighted by Gasteiger charge is 2.24. The minimum Gasteiger partial charge on any atom is -0.343 e. The SMILES string of the molecule is O=C(CCCc1nc(-c2cccnc2)no1)N1CCC(c2ccn[nH]2)CC1. The maximum absolute atomic E-state index is 12.4. The van der Waals surface area contributed by atoms with Crippen LogP contribution in [-0.2, 0) is 11.2 Å². The number of aromatic nitrogens is 5. The molecule has 1 amide bonds. The second-order valence-electron chi connectivity index (χ2n) is 6.77. The molecule has 1 aliphatic heterocycles. The highest BCUT2D eigenvalue weighted by Crippen LogP contribution is 2.26. The Balaban J connectivity index is 1.22. The van der Waals surface area contributed by atoms with E-state index in [0.29, 0.717) is 36.9 Å². The summed E-state index contributed by atoms with van der Waals surface area (Å²) in [5.41, 5.74) is 1.99. The number of nitrogens with one attached hydrogen (secondary N) is 1. The molecular weight excluding hydrogens is 344 g/mol. The standard InChI is InChI=1S/C19H22N6O2/c26-18(25-11-7-14(8-12-25)16-6-10-21-23-16)5-1-4-17-22-19(24-27-17)15-3-2-9-20-13-15/h2-3,6,9-10,13-14H,1,4-5,7-8,11-12H2,(H,21,23). The van der Waals surface area contributed by atoms with Crippen LogP contribution in [0.3, 0.4) is 0 Å². The fourth-order valence-corrected chi connectivity index (χ4v) is 3.45. The van der Waals surface area contributed by atoms with Crippen molar-refractivity contribution in [3.8, 4) is 11.4 Å². The summed E-state index contributed by atoms with van der Waals surface area (Å²) < 4.78 is 5.28. The first kappa shape index (κ1) is 17.4. The molecule has 0 radical (unpaired) electrons. The third-order valence-corrected chi connectivity index (χ3v) is 4.98. The van der Waals surface area contributed by atoms with Gasteiger partial charge < -0.3 is 9.42 Å². The molecule has 0 atom stereocenters. The van der Waals surface area contributed by atoms with Gasteiger partial charge in [0.2, 0.25) is 17.6 Å². The summed E-state index contributed by atoms with van der Waals surface area (Å²) in [6, 6.07) is 5.74. The quantitative estimate of drug-likeness (QED) is 0.719. The van der Waals surface area contributed by atoms with Crippen LogP contribution in [0.2, 0.25) is 0 Å². The lowest BCUT2D eigenvalue weighted by Gasteiger charge is -2.31. The fraction of sp³-hybridized carbons (Fsp3) is 0.421. The molecule has 1 N–H and O–H groups in total. The molecule has 4 heterocycles. The summed E-state index contributed by atoms with van der Waals surface area (Å²) in [6.45, 7) is 1.60. The van der Waals surface area contributed by atoms with E-state index in [4.69, 9.17) is 4.52 Å². The Labute approximate surface area is 157 Å². The maximum Gasteiger partial charge on any atom is 0.226 e. The van der Waals surface area contributed by atoms with E-state index in [1.54, 1.807) is 18.6 Å². The molecule has 27 heavy (non-hydrogen) atoms. The summed E-state index contributed by atoms with van der Waals surface area (Å²) >= 11 is 0. The number of rotatable bonds is 6. The lowest BCUT2D eigenvalue weighted by molar-refractivity contribution is -0.132. The third kappa shape index (κ3) is 4.21. The number of piperidine rings is 1. The summed E-state index contributed by atoms with van der Waals surface area (Å²) in [5.74, 6) is 1.76. The van der Waals surface area contributed by atoms with Crippen LogP contribution < -0.4 is 0 Å². The first-order chi connectivity index (χ1) is 13.3. The van der Waals surface area contributed by atoms with Gasteiger partial charge in [0, 0.05) is 61.7 Å². The molecule has 0 spiro atoms. The molecule has 1 fully saturated rings. The largest absolute Gasteiger partial charge is 0.343 e. The Morgan fingerprint density at radius 1 is 1.26 bits per heavy atom. The summed E-state index contributed by atoms with van der Waals surface area (Å²) in [4.78, 5) is 22.8. The van der Waals surface area contributed by atoms with Crippen LogP contribution in [0.25, 0.3) is 11.4 Å². The van der Waals surface area contributed by atoms with Gasteiger partial charge in [0.1, 0.15) is 0 Å². The highest BCUT2D eigenvalue weighted by atomic mass is 16.5. The Kier molecular flexibility index (Phi) is 5.22.